The molecule has 274 valence electrons. The van der Waals surface area contributed by atoms with Gasteiger partial charge in [-0.25, -0.2) is 4.98 Å². The fourth-order valence-electron chi connectivity index (χ4n) is 9.07. The van der Waals surface area contributed by atoms with E-state index >= 15 is 0 Å². The molecule has 2 aliphatic rings. The molecule has 0 spiro atoms. The first-order valence-electron chi connectivity index (χ1n) is 19.5. The van der Waals surface area contributed by atoms with Gasteiger partial charge in [0.2, 0.25) is 0 Å². The Morgan fingerprint density at radius 2 is 1.25 bits per heavy atom. The molecule has 0 saturated heterocycles. The molecule has 8 aromatic rings. The van der Waals surface area contributed by atoms with Crippen LogP contribution >= 0.6 is 0 Å². The summed E-state index contributed by atoms with van der Waals surface area (Å²) in [5.74, 6) is 2.06. The summed E-state index contributed by atoms with van der Waals surface area (Å²) in [6.07, 6.45) is 6.24. The van der Waals surface area contributed by atoms with E-state index in [0.29, 0.717) is 0 Å². The molecular formula is C50H44N6. The van der Waals surface area contributed by atoms with E-state index in [4.69, 9.17) is 4.98 Å². The van der Waals surface area contributed by atoms with Crippen molar-refractivity contribution in [3.8, 4) is 5.82 Å². The van der Waals surface area contributed by atoms with Gasteiger partial charge in [-0.1, -0.05) is 90.5 Å². The predicted molar refractivity (Wildman–Crippen MR) is 233 cm³/mol. The molecule has 0 radical (unpaired) electrons. The van der Waals surface area contributed by atoms with Crippen molar-refractivity contribution in [1.82, 2.24) is 14.5 Å². The Morgan fingerprint density at radius 3 is 1.98 bits per heavy atom. The fraction of sp³-hybridized carbons (Fsp3) is 0.140. The van der Waals surface area contributed by atoms with Gasteiger partial charge >= 0.3 is 0 Å². The van der Waals surface area contributed by atoms with Crippen LogP contribution in [0.15, 0.2) is 164 Å². The first-order chi connectivity index (χ1) is 27.4. The summed E-state index contributed by atoms with van der Waals surface area (Å²) in [6, 6.07) is 53.0. The average Bonchev–Trinajstić information content (AvgIpc) is 3.71. The second kappa shape index (κ2) is 13.5. The minimum atomic E-state index is 0.734. The van der Waals surface area contributed by atoms with Crippen LogP contribution in [-0.2, 0) is 12.8 Å². The van der Waals surface area contributed by atoms with Gasteiger partial charge in [0.1, 0.15) is 11.6 Å². The first kappa shape index (κ1) is 33.8. The van der Waals surface area contributed by atoms with Crippen LogP contribution in [0.2, 0.25) is 0 Å². The van der Waals surface area contributed by atoms with Crippen molar-refractivity contribution in [3.05, 3.63) is 192 Å². The van der Waals surface area contributed by atoms with Crippen molar-refractivity contribution in [2.75, 3.05) is 28.4 Å². The highest BCUT2D eigenvalue weighted by Gasteiger charge is 2.30. The molecule has 10 rings (SSSR count). The van der Waals surface area contributed by atoms with Crippen LogP contribution in [0.1, 0.15) is 27.8 Å². The molecule has 0 fully saturated rings. The molecule has 0 N–H and O–H groups in total. The average molecular weight is 729 g/mol. The van der Waals surface area contributed by atoms with Crippen molar-refractivity contribution in [2.45, 2.75) is 33.6 Å². The van der Waals surface area contributed by atoms with E-state index in [9.17, 15) is 0 Å². The van der Waals surface area contributed by atoms with Crippen LogP contribution in [0.25, 0.3) is 27.6 Å². The van der Waals surface area contributed by atoms with Crippen molar-refractivity contribution >= 4 is 55.9 Å². The molecule has 6 nitrogen and oxygen atoms in total. The number of rotatable bonds is 6. The zero-order chi connectivity index (χ0) is 37.9. The largest absolute Gasteiger partial charge is 0.341 e. The van der Waals surface area contributed by atoms with Crippen LogP contribution in [0.5, 0.6) is 0 Å². The number of hydrogen-bond acceptors (Lipinski definition) is 5. The zero-order valence-corrected chi connectivity index (χ0v) is 32.3. The maximum atomic E-state index is 4.81. The molecular weight excluding hydrogens is 685 g/mol. The Hall–Kier alpha value is -6.79. The van der Waals surface area contributed by atoms with E-state index in [0.717, 1.165) is 59.2 Å². The van der Waals surface area contributed by atoms with Gasteiger partial charge < -0.3 is 14.7 Å². The quantitative estimate of drug-likeness (QED) is 0.170. The van der Waals surface area contributed by atoms with Crippen LogP contribution in [0.4, 0.5) is 34.1 Å². The molecule has 2 aliphatic heterocycles. The minimum Gasteiger partial charge on any atom is -0.341 e. The second-order valence-electron chi connectivity index (χ2n) is 15.2. The number of pyridine rings is 1. The van der Waals surface area contributed by atoms with E-state index in [1.165, 1.54) is 55.7 Å². The summed E-state index contributed by atoms with van der Waals surface area (Å²) in [7, 11) is 2.20. The number of nitrogens with zero attached hydrogens (tertiary/aromatic N) is 6. The molecule has 0 aliphatic carbocycles. The van der Waals surface area contributed by atoms with Gasteiger partial charge in [0.05, 0.1) is 34.8 Å². The lowest BCUT2D eigenvalue weighted by Crippen LogP contribution is -2.29. The number of para-hydroxylation sites is 3. The van der Waals surface area contributed by atoms with Crippen molar-refractivity contribution in [2.24, 2.45) is 0 Å². The third kappa shape index (κ3) is 5.60. The lowest BCUT2D eigenvalue weighted by Gasteiger charge is -2.31. The highest BCUT2D eigenvalue weighted by atomic mass is 15.4. The zero-order valence-electron chi connectivity index (χ0n) is 32.3. The Morgan fingerprint density at radius 1 is 0.589 bits per heavy atom. The van der Waals surface area contributed by atoms with Crippen LogP contribution in [0.3, 0.4) is 0 Å². The third-order valence-electron chi connectivity index (χ3n) is 11.5. The maximum absolute atomic E-state index is 4.81. The third-order valence-corrected chi connectivity index (χ3v) is 11.5. The summed E-state index contributed by atoms with van der Waals surface area (Å²) in [5, 5.41) is 2.42. The Bertz CT molecular complexity index is 2750. The topological polar surface area (TPSA) is 30.8 Å². The Kier molecular flexibility index (Phi) is 8.14. The molecule has 0 amide bonds. The summed E-state index contributed by atoms with van der Waals surface area (Å²) in [6.45, 7) is 7.38. The van der Waals surface area contributed by atoms with Crippen molar-refractivity contribution in [1.29, 1.82) is 0 Å². The minimum absolute atomic E-state index is 0.734. The number of fused-ring (bicyclic) bond motifs is 5. The lowest BCUT2D eigenvalue weighted by molar-refractivity contribution is 0.451. The van der Waals surface area contributed by atoms with Crippen LogP contribution in [-0.4, -0.2) is 28.2 Å². The molecule has 0 unspecified atom stereocenters. The summed E-state index contributed by atoms with van der Waals surface area (Å²) in [4.78, 5) is 14.5. The number of aromatic nitrogens is 2. The molecule has 4 heterocycles. The number of anilines is 6. The molecule has 0 bridgehead atoms. The van der Waals surface area contributed by atoms with Gasteiger partial charge in [0.25, 0.3) is 0 Å². The lowest BCUT2D eigenvalue weighted by atomic mass is 10.0. The second-order valence-corrected chi connectivity index (χ2v) is 15.2. The SMILES string of the molecule is Cc1cc(C)c(N(c2cccc(N3C=C(N4c5ccccc5CCc5ccccc54)N(C)C3)c2)c2ccc3c4ccccc4n(-c4ccccn4)c3c2)c(C)c1. The summed E-state index contributed by atoms with van der Waals surface area (Å²) >= 11 is 0. The molecule has 0 saturated carbocycles. The molecule has 56 heavy (non-hydrogen) atoms. The maximum Gasteiger partial charge on any atom is 0.137 e. The summed E-state index contributed by atoms with van der Waals surface area (Å²) < 4.78 is 2.29. The number of hydrogen-bond donors (Lipinski definition) is 0. The molecule has 2 aromatic heterocycles. The van der Waals surface area contributed by atoms with Crippen LogP contribution < -0.4 is 14.7 Å². The predicted octanol–water partition coefficient (Wildman–Crippen LogP) is 12.0. The van der Waals surface area contributed by atoms with E-state index in [1.807, 2.05) is 12.3 Å². The van der Waals surface area contributed by atoms with Gasteiger partial charge in [0, 0.05) is 47.3 Å². The van der Waals surface area contributed by atoms with E-state index in [2.05, 4.69) is 198 Å². The van der Waals surface area contributed by atoms with E-state index in [-0.39, 0.29) is 0 Å². The summed E-state index contributed by atoms with van der Waals surface area (Å²) in [5.41, 5.74) is 15.8. The van der Waals surface area contributed by atoms with Gasteiger partial charge in [-0.2, -0.15) is 0 Å². The molecule has 6 heteroatoms. The van der Waals surface area contributed by atoms with Crippen molar-refractivity contribution < 1.29 is 0 Å². The van der Waals surface area contributed by atoms with E-state index < -0.39 is 0 Å². The smallest absolute Gasteiger partial charge is 0.137 e. The van der Waals surface area contributed by atoms with E-state index in [1.54, 1.807) is 0 Å². The van der Waals surface area contributed by atoms with Crippen LogP contribution in [0, 0.1) is 20.8 Å². The van der Waals surface area contributed by atoms with Gasteiger partial charge in [-0.05, 0) is 117 Å². The van der Waals surface area contributed by atoms with Gasteiger partial charge in [-0.3, -0.25) is 9.47 Å². The van der Waals surface area contributed by atoms with Gasteiger partial charge in [0.15, 0.2) is 0 Å². The molecule has 6 aromatic carbocycles. The number of benzene rings is 6. The monoisotopic (exact) mass is 728 g/mol. The standard InChI is InChI=1S/C50H44N6/c1-34-28-35(2)50(36(3)29-34)54(41-25-26-43-42-18-7-10-21-46(42)55(47(43)31-41)48-22-11-12-27-51-48)40-17-13-16-39(30-40)53-32-49(52(4)33-53)56-44-19-8-5-14-37(44)23-24-38-15-6-9-20-45(38)56/h5-22,25-32H,23-24,33H2,1-4H3. The Labute approximate surface area is 328 Å². The Balaban J connectivity index is 1.12. The highest BCUT2D eigenvalue weighted by molar-refractivity contribution is 6.10. The van der Waals surface area contributed by atoms with Gasteiger partial charge in [-0.15, -0.1) is 0 Å². The first-order valence-corrected chi connectivity index (χ1v) is 19.5. The van der Waals surface area contributed by atoms with Crippen molar-refractivity contribution in [3.63, 3.8) is 0 Å². The fourth-order valence-corrected chi connectivity index (χ4v) is 9.07. The highest BCUT2D eigenvalue weighted by Crippen LogP contribution is 2.45. The normalized spacial score (nSPS) is 13.9. The number of aryl methyl sites for hydroxylation is 5. The molecule has 0 atom stereocenters.